The number of hydrogen-bond acceptors (Lipinski definition) is 5. The molecule has 0 saturated carbocycles. The first-order valence-corrected chi connectivity index (χ1v) is 9.87. The summed E-state index contributed by atoms with van der Waals surface area (Å²) < 4.78 is 9.24. The van der Waals surface area contributed by atoms with Crippen molar-refractivity contribution in [2.75, 3.05) is 6.61 Å². The van der Waals surface area contributed by atoms with Crippen molar-refractivity contribution in [3.63, 3.8) is 0 Å². The van der Waals surface area contributed by atoms with Gasteiger partial charge in [0.2, 0.25) is 4.77 Å². The lowest BCUT2D eigenvalue weighted by Crippen LogP contribution is -2.06. The summed E-state index contributed by atoms with van der Waals surface area (Å²) in [6.45, 7) is 9.46. The average molecular weight is 419 g/mol. The molecule has 3 aromatic rings. The van der Waals surface area contributed by atoms with E-state index in [1.54, 1.807) is 15.6 Å². The SMILES string of the molecule is CCOc1ccc(-c2n[nH]c(=S)n2N=Cc2c(C)nn(CC(C)C)c2Cl)cc1. The molecule has 0 amide bonds. The summed E-state index contributed by atoms with van der Waals surface area (Å²) in [6, 6.07) is 7.62. The summed E-state index contributed by atoms with van der Waals surface area (Å²) in [7, 11) is 0. The summed E-state index contributed by atoms with van der Waals surface area (Å²) in [4.78, 5) is 0. The first kappa shape index (κ1) is 20.3. The minimum Gasteiger partial charge on any atom is -0.494 e. The topological polar surface area (TPSA) is 73.0 Å². The van der Waals surface area contributed by atoms with Gasteiger partial charge >= 0.3 is 0 Å². The summed E-state index contributed by atoms with van der Waals surface area (Å²) >= 11 is 11.8. The van der Waals surface area contributed by atoms with Gasteiger partial charge in [-0.1, -0.05) is 25.4 Å². The summed E-state index contributed by atoms with van der Waals surface area (Å²) in [5, 5.41) is 16.7. The van der Waals surface area contributed by atoms with E-state index in [2.05, 4.69) is 34.2 Å². The molecule has 7 nitrogen and oxygen atoms in total. The van der Waals surface area contributed by atoms with Crippen LogP contribution in [0.3, 0.4) is 0 Å². The van der Waals surface area contributed by atoms with Crippen molar-refractivity contribution in [1.29, 1.82) is 0 Å². The van der Waals surface area contributed by atoms with Gasteiger partial charge < -0.3 is 4.74 Å². The molecule has 0 aliphatic rings. The van der Waals surface area contributed by atoms with Crippen LogP contribution in [0.15, 0.2) is 29.4 Å². The fourth-order valence-corrected chi connectivity index (χ4v) is 3.22. The highest BCUT2D eigenvalue weighted by Crippen LogP contribution is 2.22. The van der Waals surface area contributed by atoms with Gasteiger partial charge in [-0.15, -0.1) is 0 Å². The number of H-pyrrole nitrogens is 1. The van der Waals surface area contributed by atoms with E-state index in [0.717, 1.165) is 29.1 Å². The van der Waals surface area contributed by atoms with Crippen LogP contribution < -0.4 is 4.74 Å². The van der Waals surface area contributed by atoms with Crippen molar-refractivity contribution in [2.24, 2.45) is 11.0 Å². The third-order valence-electron chi connectivity index (χ3n) is 4.02. The quantitative estimate of drug-likeness (QED) is 0.445. The first-order chi connectivity index (χ1) is 13.4. The maximum atomic E-state index is 6.49. The van der Waals surface area contributed by atoms with Crippen LogP contribution in [0.2, 0.25) is 5.15 Å². The lowest BCUT2D eigenvalue weighted by Gasteiger charge is -2.05. The second kappa shape index (κ2) is 8.70. The highest BCUT2D eigenvalue weighted by molar-refractivity contribution is 7.71. The molecule has 0 radical (unpaired) electrons. The summed E-state index contributed by atoms with van der Waals surface area (Å²) in [5.74, 6) is 1.85. The molecule has 0 aliphatic carbocycles. The predicted octanol–water partition coefficient (Wildman–Crippen LogP) is 4.70. The standard InChI is InChI=1S/C19H23ClN6OS/c1-5-27-15-8-6-14(7-9-15)18-22-23-19(28)26(18)21-10-16-13(4)24-25(17(16)20)11-12(2)3/h6-10,12H,5,11H2,1-4H3,(H,23,28). The Morgan fingerprint density at radius 1 is 1.32 bits per heavy atom. The van der Waals surface area contributed by atoms with Gasteiger partial charge in [-0.05, 0) is 56.2 Å². The lowest BCUT2D eigenvalue weighted by molar-refractivity contribution is 0.340. The molecule has 0 aliphatic heterocycles. The van der Waals surface area contributed by atoms with Crippen LogP contribution in [-0.2, 0) is 6.54 Å². The fraction of sp³-hybridized carbons (Fsp3) is 0.368. The third-order valence-corrected chi connectivity index (χ3v) is 4.69. The molecule has 0 fully saturated rings. The van der Waals surface area contributed by atoms with Gasteiger partial charge in [-0.25, -0.2) is 5.10 Å². The van der Waals surface area contributed by atoms with Gasteiger partial charge in [0.15, 0.2) is 5.82 Å². The largest absolute Gasteiger partial charge is 0.494 e. The fourth-order valence-electron chi connectivity index (χ4n) is 2.75. The Kier molecular flexibility index (Phi) is 6.31. The van der Waals surface area contributed by atoms with Crippen molar-refractivity contribution >= 4 is 30.0 Å². The average Bonchev–Trinajstić information content (AvgIpc) is 3.14. The third kappa shape index (κ3) is 4.34. The van der Waals surface area contributed by atoms with E-state index in [9.17, 15) is 0 Å². The van der Waals surface area contributed by atoms with Crippen LogP contribution in [0.4, 0.5) is 0 Å². The van der Waals surface area contributed by atoms with Crippen LogP contribution in [0.5, 0.6) is 5.75 Å². The number of hydrogen-bond donors (Lipinski definition) is 1. The number of nitrogens with zero attached hydrogens (tertiary/aromatic N) is 5. The van der Waals surface area contributed by atoms with Crippen LogP contribution in [0.25, 0.3) is 11.4 Å². The number of halogens is 1. The molecule has 9 heteroatoms. The van der Waals surface area contributed by atoms with Crippen LogP contribution >= 0.6 is 23.8 Å². The second-order valence-corrected chi connectivity index (χ2v) is 7.48. The van der Waals surface area contributed by atoms with Gasteiger partial charge in [0.1, 0.15) is 10.9 Å². The number of ether oxygens (including phenoxy) is 1. The number of benzene rings is 1. The Hall–Kier alpha value is -2.45. The zero-order valence-corrected chi connectivity index (χ0v) is 17.9. The molecule has 1 aromatic carbocycles. The van der Waals surface area contributed by atoms with E-state index >= 15 is 0 Å². The van der Waals surface area contributed by atoms with Crippen LogP contribution in [-0.4, -0.2) is 37.5 Å². The molecule has 1 N–H and O–H groups in total. The van der Waals surface area contributed by atoms with Gasteiger partial charge in [-0.3, -0.25) is 4.68 Å². The Morgan fingerprint density at radius 2 is 2.04 bits per heavy atom. The van der Waals surface area contributed by atoms with E-state index in [0.29, 0.717) is 28.3 Å². The molecule has 0 saturated heterocycles. The number of nitrogens with one attached hydrogen (secondary N) is 1. The number of aryl methyl sites for hydroxylation is 1. The van der Waals surface area contributed by atoms with Gasteiger partial charge in [0, 0.05) is 12.1 Å². The van der Waals surface area contributed by atoms with E-state index in [1.165, 1.54) is 0 Å². The van der Waals surface area contributed by atoms with E-state index < -0.39 is 0 Å². The zero-order chi connectivity index (χ0) is 20.3. The Bertz CT molecular complexity index is 1030. The predicted molar refractivity (Wildman–Crippen MR) is 114 cm³/mol. The molecule has 2 aromatic heterocycles. The minimum atomic E-state index is 0.392. The molecular weight excluding hydrogens is 396 g/mol. The molecular formula is C19H23ClN6OS. The monoisotopic (exact) mass is 418 g/mol. The number of aromatic amines is 1. The van der Waals surface area contributed by atoms with Gasteiger partial charge in [0.05, 0.1) is 24.1 Å². The first-order valence-electron chi connectivity index (χ1n) is 9.08. The highest BCUT2D eigenvalue weighted by Gasteiger charge is 2.14. The Labute approximate surface area is 174 Å². The van der Waals surface area contributed by atoms with E-state index in [1.807, 2.05) is 38.1 Å². The normalized spacial score (nSPS) is 11.6. The number of rotatable bonds is 7. The smallest absolute Gasteiger partial charge is 0.216 e. The molecule has 2 heterocycles. The van der Waals surface area contributed by atoms with Crippen molar-refractivity contribution in [2.45, 2.75) is 34.2 Å². The molecule has 0 bridgehead atoms. The molecule has 3 rings (SSSR count). The summed E-state index contributed by atoms with van der Waals surface area (Å²) in [5.41, 5.74) is 2.45. The van der Waals surface area contributed by atoms with Crippen molar-refractivity contribution < 1.29 is 4.74 Å². The molecule has 0 unspecified atom stereocenters. The van der Waals surface area contributed by atoms with Gasteiger partial charge in [0.25, 0.3) is 0 Å². The van der Waals surface area contributed by atoms with Gasteiger partial charge in [-0.2, -0.15) is 20.0 Å². The maximum Gasteiger partial charge on any atom is 0.216 e. The minimum absolute atomic E-state index is 0.392. The molecule has 28 heavy (non-hydrogen) atoms. The molecule has 148 valence electrons. The maximum absolute atomic E-state index is 6.49. The van der Waals surface area contributed by atoms with E-state index in [4.69, 9.17) is 28.6 Å². The highest BCUT2D eigenvalue weighted by atomic mass is 35.5. The Balaban J connectivity index is 1.93. The number of aromatic nitrogens is 5. The second-order valence-electron chi connectivity index (χ2n) is 6.73. The molecule has 0 spiro atoms. The lowest BCUT2D eigenvalue weighted by atomic mass is 10.2. The van der Waals surface area contributed by atoms with Crippen molar-refractivity contribution in [3.05, 3.63) is 45.4 Å². The Morgan fingerprint density at radius 3 is 2.68 bits per heavy atom. The van der Waals surface area contributed by atoms with Crippen molar-refractivity contribution in [1.82, 2.24) is 24.7 Å². The summed E-state index contributed by atoms with van der Waals surface area (Å²) in [6.07, 6.45) is 1.67. The van der Waals surface area contributed by atoms with Crippen LogP contribution in [0, 0.1) is 17.6 Å². The van der Waals surface area contributed by atoms with E-state index in [-0.39, 0.29) is 0 Å². The molecule has 0 atom stereocenters. The zero-order valence-electron chi connectivity index (χ0n) is 16.3. The van der Waals surface area contributed by atoms with Crippen LogP contribution in [0.1, 0.15) is 32.0 Å². The van der Waals surface area contributed by atoms with Crippen molar-refractivity contribution in [3.8, 4) is 17.1 Å².